The largest absolute Gasteiger partial charge is 0.393 e. The zero-order valence-corrected chi connectivity index (χ0v) is 8.97. The van der Waals surface area contributed by atoms with Crippen LogP contribution >= 0.6 is 0 Å². The summed E-state index contributed by atoms with van der Waals surface area (Å²) in [6, 6.07) is 0. The fraction of sp³-hybridized carbons (Fsp3) is 0.545. The van der Waals surface area contributed by atoms with Crippen molar-refractivity contribution in [3.05, 3.63) is 12.2 Å². The van der Waals surface area contributed by atoms with Gasteiger partial charge in [0.05, 0.1) is 23.3 Å². The van der Waals surface area contributed by atoms with Gasteiger partial charge >= 0.3 is 11.9 Å². The Morgan fingerprint density at radius 1 is 1.31 bits per heavy atom. The van der Waals surface area contributed by atoms with Crippen LogP contribution in [0.4, 0.5) is 0 Å². The van der Waals surface area contributed by atoms with Crippen molar-refractivity contribution in [1.82, 2.24) is 4.90 Å². The Labute approximate surface area is 92.0 Å². The molecular formula is C11H11NO4. The number of hydrogen-bond donors (Lipinski definition) is 0. The molecule has 4 aliphatic rings. The lowest BCUT2D eigenvalue weighted by Gasteiger charge is -2.51. The Morgan fingerprint density at radius 2 is 2.00 bits per heavy atom. The second-order valence-electron chi connectivity index (χ2n) is 4.75. The smallest absolute Gasteiger partial charge is 0.320 e. The molecule has 0 aromatic rings. The zero-order valence-electron chi connectivity index (χ0n) is 8.97. The van der Waals surface area contributed by atoms with Crippen LogP contribution in [0.2, 0.25) is 0 Å². The number of rotatable bonds is 0. The average Bonchev–Trinajstić information content (AvgIpc) is 2.53. The summed E-state index contributed by atoms with van der Waals surface area (Å²) in [5, 5.41) is 0. The van der Waals surface area contributed by atoms with Gasteiger partial charge in [-0.05, 0) is 6.92 Å². The molecule has 1 amide bonds. The third kappa shape index (κ3) is 0.809. The van der Waals surface area contributed by atoms with Gasteiger partial charge in [-0.2, -0.15) is 0 Å². The lowest BCUT2D eigenvalue weighted by Crippen LogP contribution is -2.64. The van der Waals surface area contributed by atoms with Gasteiger partial charge in [-0.1, -0.05) is 12.2 Å². The van der Waals surface area contributed by atoms with Crippen LogP contribution < -0.4 is 0 Å². The summed E-state index contributed by atoms with van der Waals surface area (Å²) in [5.41, 5.74) is -0.722. The topological polar surface area (TPSA) is 63.7 Å². The summed E-state index contributed by atoms with van der Waals surface area (Å²) in [6.45, 7) is 1.79. The molecule has 4 atom stereocenters. The number of amides is 1. The summed E-state index contributed by atoms with van der Waals surface area (Å²) < 4.78 is 4.65. The fourth-order valence-electron chi connectivity index (χ4n) is 3.01. The molecule has 16 heavy (non-hydrogen) atoms. The highest BCUT2D eigenvalue weighted by Crippen LogP contribution is 2.49. The Morgan fingerprint density at radius 3 is 2.69 bits per heavy atom. The van der Waals surface area contributed by atoms with Crippen LogP contribution in [0.5, 0.6) is 0 Å². The zero-order chi connectivity index (χ0) is 11.7. The van der Waals surface area contributed by atoms with Gasteiger partial charge in [0.1, 0.15) is 0 Å². The number of fused-ring (bicyclic) bond motifs is 1. The first-order chi connectivity index (χ1) is 7.47. The minimum absolute atomic E-state index is 0.113. The number of piperidine rings is 1. The van der Waals surface area contributed by atoms with E-state index in [1.807, 2.05) is 6.08 Å². The number of likely N-dealkylation sites (N-methyl/N-ethyl adjacent to an activating group) is 1. The summed E-state index contributed by atoms with van der Waals surface area (Å²) in [5.74, 6) is -2.87. The molecule has 5 heteroatoms. The molecule has 3 aliphatic heterocycles. The van der Waals surface area contributed by atoms with E-state index in [1.54, 1.807) is 24.9 Å². The Bertz CT molecular complexity index is 455. The lowest BCUT2D eigenvalue weighted by molar-refractivity contribution is -0.155. The van der Waals surface area contributed by atoms with Crippen LogP contribution in [-0.2, 0) is 19.1 Å². The normalized spacial score (nSPS) is 45.0. The van der Waals surface area contributed by atoms with Crippen molar-refractivity contribution in [2.45, 2.75) is 12.5 Å². The van der Waals surface area contributed by atoms with E-state index in [0.717, 1.165) is 0 Å². The van der Waals surface area contributed by atoms with Gasteiger partial charge in [0.25, 0.3) is 0 Å². The fourth-order valence-corrected chi connectivity index (χ4v) is 3.01. The quantitative estimate of drug-likeness (QED) is 0.320. The van der Waals surface area contributed by atoms with Crippen LogP contribution in [0.25, 0.3) is 0 Å². The van der Waals surface area contributed by atoms with E-state index in [9.17, 15) is 14.4 Å². The predicted octanol–water partition coefficient (Wildman–Crippen LogP) is -0.281. The van der Waals surface area contributed by atoms with E-state index in [4.69, 9.17) is 0 Å². The van der Waals surface area contributed by atoms with Crippen LogP contribution in [0.1, 0.15) is 6.92 Å². The third-order valence-corrected chi connectivity index (χ3v) is 4.08. The molecule has 2 bridgehead atoms. The number of nitrogens with zero attached hydrogens (tertiary/aromatic N) is 1. The van der Waals surface area contributed by atoms with Crippen molar-refractivity contribution in [3.8, 4) is 0 Å². The third-order valence-electron chi connectivity index (χ3n) is 4.08. The highest BCUT2D eigenvalue weighted by molar-refractivity contribution is 6.03. The molecule has 2 fully saturated rings. The number of cyclic esters (lactones) is 2. The number of esters is 2. The van der Waals surface area contributed by atoms with E-state index in [-0.39, 0.29) is 5.91 Å². The number of ether oxygens (including phenoxy) is 1. The molecule has 0 radical (unpaired) electrons. The number of carbonyl (C=O) groups excluding carboxylic acids is 3. The number of hydrogen-bond acceptors (Lipinski definition) is 4. The SMILES string of the molecule is CN1C(=O)[C@@H]2C=C[C@]1(C)[C@H]1C(=O)OC(=O)[C@H]21. The van der Waals surface area contributed by atoms with Crippen molar-refractivity contribution in [3.63, 3.8) is 0 Å². The maximum Gasteiger partial charge on any atom is 0.320 e. The molecule has 0 aromatic carbocycles. The summed E-state index contributed by atoms with van der Waals surface area (Å²) >= 11 is 0. The lowest BCUT2D eigenvalue weighted by atomic mass is 9.63. The second kappa shape index (κ2) is 2.53. The average molecular weight is 221 g/mol. The van der Waals surface area contributed by atoms with E-state index >= 15 is 0 Å². The van der Waals surface area contributed by atoms with Crippen molar-refractivity contribution in [1.29, 1.82) is 0 Å². The molecule has 0 spiro atoms. The highest BCUT2D eigenvalue weighted by atomic mass is 16.6. The molecule has 2 saturated heterocycles. The molecule has 0 unspecified atom stereocenters. The standard InChI is InChI=1S/C11H11NO4/c1-11-4-3-5(8(13)12(11)2)6-7(11)10(15)16-9(6)14/h3-7H,1-2H3/t5-,6-,7-,11-/m1/s1. The van der Waals surface area contributed by atoms with Gasteiger partial charge in [0, 0.05) is 7.05 Å². The van der Waals surface area contributed by atoms with E-state index in [0.29, 0.717) is 0 Å². The minimum atomic E-state index is -0.722. The van der Waals surface area contributed by atoms with Gasteiger partial charge in [0.2, 0.25) is 5.91 Å². The van der Waals surface area contributed by atoms with Gasteiger partial charge in [0.15, 0.2) is 0 Å². The highest BCUT2D eigenvalue weighted by Gasteiger charge is 2.65. The summed E-state index contributed by atoms with van der Waals surface area (Å²) in [6.07, 6.45) is 3.56. The van der Waals surface area contributed by atoms with E-state index in [1.165, 1.54) is 0 Å². The Balaban J connectivity index is 2.20. The van der Waals surface area contributed by atoms with Crippen LogP contribution in [0.3, 0.4) is 0 Å². The first kappa shape index (κ1) is 9.57. The van der Waals surface area contributed by atoms with Crippen LogP contribution in [-0.4, -0.2) is 35.3 Å². The number of carbonyl (C=O) groups is 3. The first-order valence-corrected chi connectivity index (χ1v) is 5.19. The van der Waals surface area contributed by atoms with Gasteiger partial charge in [-0.15, -0.1) is 0 Å². The van der Waals surface area contributed by atoms with Crippen molar-refractivity contribution in [2.24, 2.45) is 17.8 Å². The van der Waals surface area contributed by atoms with Crippen molar-refractivity contribution >= 4 is 17.8 Å². The summed E-state index contributed by atoms with van der Waals surface area (Å²) in [4.78, 5) is 36.7. The van der Waals surface area contributed by atoms with Gasteiger partial charge in [-0.3, -0.25) is 14.4 Å². The van der Waals surface area contributed by atoms with Crippen molar-refractivity contribution < 1.29 is 19.1 Å². The first-order valence-electron chi connectivity index (χ1n) is 5.19. The second-order valence-corrected chi connectivity index (χ2v) is 4.75. The monoisotopic (exact) mass is 221 g/mol. The van der Waals surface area contributed by atoms with Crippen LogP contribution in [0.15, 0.2) is 12.2 Å². The molecule has 0 saturated carbocycles. The van der Waals surface area contributed by atoms with Gasteiger partial charge in [-0.25, -0.2) is 0 Å². The predicted molar refractivity (Wildman–Crippen MR) is 51.9 cm³/mol. The Hall–Kier alpha value is -1.65. The minimum Gasteiger partial charge on any atom is -0.393 e. The van der Waals surface area contributed by atoms with E-state index < -0.39 is 35.2 Å². The molecule has 1 aliphatic carbocycles. The molecule has 0 N–H and O–H groups in total. The maximum atomic E-state index is 11.9. The van der Waals surface area contributed by atoms with Crippen LogP contribution in [0, 0.1) is 17.8 Å². The van der Waals surface area contributed by atoms with Crippen molar-refractivity contribution in [2.75, 3.05) is 7.05 Å². The van der Waals surface area contributed by atoms with Gasteiger partial charge < -0.3 is 9.64 Å². The Kier molecular flexibility index (Phi) is 1.51. The molecule has 4 rings (SSSR count). The maximum absolute atomic E-state index is 11.9. The molecule has 0 aromatic heterocycles. The molecule has 84 valence electrons. The molecular weight excluding hydrogens is 210 g/mol. The summed E-state index contributed by atoms with van der Waals surface area (Å²) in [7, 11) is 1.66. The molecule has 3 heterocycles. The van der Waals surface area contributed by atoms with E-state index in [2.05, 4.69) is 4.74 Å². The molecule has 5 nitrogen and oxygen atoms in total.